The van der Waals surface area contributed by atoms with Gasteiger partial charge in [0.15, 0.2) is 0 Å². The third-order valence-electron chi connectivity index (χ3n) is 1.91. The molecule has 1 rings (SSSR count). The van der Waals surface area contributed by atoms with Gasteiger partial charge >= 0.3 is 0 Å². The number of likely N-dealkylation sites (N-methyl/N-ethyl adjacent to an activating group) is 1. The normalized spacial score (nSPS) is 12.6. The van der Waals surface area contributed by atoms with Crippen molar-refractivity contribution in [3.8, 4) is 0 Å². The highest BCUT2D eigenvalue weighted by molar-refractivity contribution is 9.10. The second-order valence-corrected chi connectivity index (χ2v) is 3.65. The Bertz CT molecular complexity index is 282. The minimum absolute atomic E-state index is 0.0572. The number of aromatic nitrogens is 2. The van der Waals surface area contributed by atoms with E-state index in [2.05, 4.69) is 25.9 Å². The molecule has 1 N–H and O–H groups in total. The molecule has 0 radical (unpaired) electrons. The first kappa shape index (κ1) is 10.4. The molecule has 1 heterocycles. The van der Waals surface area contributed by atoms with Crippen molar-refractivity contribution in [3.63, 3.8) is 0 Å². The Hall–Kier alpha value is -0.680. The number of aliphatic hydroxyl groups is 1. The molecule has 1 aromatic heterocycles. The number of aliphatic hydroxyl groups excluding tert-OH is 1. The topological polar surface area (TPSA) is 49.2 Å². The lowest BCUT2D eigenvalue weighted by Crippen LogP contribution is -2.32. The molecule has 4 nitrogen and oxygen atoms in total. The fourth-order valence-corrected chi connectivity index (χ4v) is 1.16. The number of nitrogens with zero attached hydrogens (tertiary/aromatic N) is 3. The Morgan fingerprint density at radius 3 is 2.85 bits per heavy atom. The van der Waals surface area contributed by atoms with Crippen LogP contribution in [0.25, 0.3) is 0 Å². The molecule has 0 amide bonds. The monoisotopic (exact) mass is 245 g/mol. The zero-order chi connectivity index (χ0) is 9.84. The molecule has 1 aromatic rings. The lowest BCUT2D eigenvalue weighted by atomic mass is 10.3. The van der Waals surface area contributed by atoms with E-state index in [0.717, 1.165) is 10.4 Å². The van der Waals surface area contributed by atoms with Crippen molar-refractivity contribution in [2.24, 2.45) is 0 Å². The first-order valence-electron chi connectivity index (χ1n) is 3.96. The maximum Gasteiger partial charge on any atom is 0.133 e. The van der Waals surface area contributed by atoms with Crippen molar-refractivity contribution in [3.05, 3.63) is 17.0 Å². The molecule has 0 saturated heterocycles. The van der Waals surface area contributed by atoms with Gasteiger partial charge in [-0.25, -0.2) is 9.97 Å². The Balaban J connectivity index is 2.82. The van der Waals surface area contributed by atoms with Gasteiger partial charge in [-0.3, -0.25) is 0 Å². The van der Waals surface area contributed by atoms with Crippen LogP contribution in [0, 0.1) is 0 Å². The van der Waals surface area contributed by atoms with Gasteiger partial charge in [-0.2, -0.15) is 0 Å². The number of anilines is 1. The van der Waals surface area contributed by atoms with Gasteiger partial charge in [0, 0.05) is 13.1 Å². The number of hydrogen-bond acceptors (Lipinski definition) is 4. The highest BCUT2D eigenvalue weighted by Crippen LogP contribution is 2.14. The van der Waals surface area contributed by atoms with Gasteiger partial charge in [-0.15, -0.1) is 0 Å². The molecular formula is C8H12BrN3O. The van der Waals surface area contributed by atoms with Crippen LogP contribution in [0.5, 0.6) is 0 Å². The summed E-state index contributed by atoms with van der Waals surface area (Å²) < 4.78 is 0.745. The Morgan fingerprint density at radius 1 is 1.62 bits per heavy atom. The summed E-state index contributed by atoms with van der Waals surface area (Å²) in [7, 11) is 1.88. The molecule has 72 valence electrons. The quantitative estimate of drug-likeness (QED) is 0.810. The van der Waals surface area contributed by atoms with E-state index in [-0.39, 0.29) is 12.6 Å². The molecule has 0 aromatic carbocycles. The minimum Gasteiger partial charge on any atom is -0.394 e. The van der Waals surface area contributed by atoms with E-state index in [1.165, 1.54) is 6.33 Å². The highest BCUT2D eigenvalue weighted by atomic mass is 79.9. The summed E-state index contributed by atoms with van der Waals surface area (Å²) in [5.41, 5.74) is 0. The number of halogens is 1. The third-order valence-corrected chi connectivity index (χ3v) is 2.34. The standard InChI is InChI=1S/C8H12BrN3O/c1-6(4-13)12(2)8-3-7(9)10-5-11-8/h3,5-6,13H,4H2,1-2H3. The first-order valence-corrected chi connectivity index (χ1v) is 4.75. The van der Waals surface area contributed by atoms with Gasteiger partial charge in [0.05, 0.1) is 12.6 Å². The lowest BCUT2D eigenvalue weighted by molar-refractivity contribution is 0.270. The molecule has 0 aliphatic heterocycles. The molecule has 1 atom stereocenters. The molecule has 0 aliphatic rings. The maximum atomic E-state index is 8.94. The smallest absolute Gasteiger partial charge is 0.133 e. The van der Waals surface area contributed by atoms with Gasteiger partial charge in [0.2, 0.25) is 0 Å². The van der Waals surface area contributed by atoms with Crippen molar-refractivity contribution in [2.45, 2.75) is 13.0 Å². The Morgan fingerprint density at radius 2 is 2.31 bits per heavy atom. The predicted molar refractivity (Wildman–Crippen MR) is 54.7 cm³/mol. The second kappa shape index (κ2) is 4.53. The molecule has 13 heavy (non-hydrogen) atoms. The number of rotatable bonds is 3. The molecule has 0 spiro atoms. The SMILES string of the molecule is CC(CO)N(C)c1cc(Br)ncn1. The summed E-state index contributed by atoms with van der Waals surface area (Å²) in [6.07, 6.45) is 1.49. The van der Waals surface area contributed by atoms with Gasteiger partial charge in [-0.1, -0.05) is 0 Å². The molecule has 0 aliphatic carbocycles. The van der Waals surface area contributed by atoms with Gasteiger partial charge < -0.3 is 10.0 Å². The minimum atomic E-state index is 0.0572. The van der Waals surface area contributed by atoms with Crippen LogP contribution in [0.4, 0.5) is 5.82 Å². The fraction of sp³-hybridized carbons (Fsp3) is 0.500. The lowest BCUT2D eigenvalue weighted by Gasteiger charge is -2.23. The van der Waals surface area contributed by atoms with Crippen molar-refractivity contribution < 1.29 is 5.11 Å². The van der Waals surface area contributed by atoms with Crippen LogP contribution in [-0.4, -0.2) is 34.8 Å². The van der Waals surface area contributed by atoms with Gasteiger partial charge in [0.1, 0.15) is 16.7 Å². The van der Waals surface area contributed by atoms with Crippen LogP contribution >= 0.6 is 15.9 Å². The average molecular weight is 246 g/mol. The van der Waals surface area contributed by atoms with E-state index < -0.39 is 0 Å². The van der Waals surface area contributed by atoms with Gasteiger partial charge in [0.25, 0.3) is 0 Å². The van der Waals surface area contributed by atoms with E-state index >= 15 is 0 Å². The van der Waals surface area contributed by atoms with Crippen LogP contribution in [-0.2, 0) is 0 Å². The van der Waals surface area contributed by atoms with E-state index in [9.17, 15) is 0 Å². The van der Waals surface area contributed by atoms with Crippen LogP contribution < -0.4 is 4.90 Å². The summed E-state index contributed by atoms with van der Waals surface area (Å²) >= 11 is 3.26. The fourth-order valence-electron chi connectivity index (χ4n) is 0.865. The van der Waals surface area contributed by atoms with Crippen molar-refractivity contribution in [1.82, 2.24) is 9.97 Å². The summed E-state index contributed by atoms with van der Waals surface area (Å²) in [5.74, 6) is 0.795. The van der Waals surface area contributed by atoms with E-state index in [0.29, 0.717) is 0 Å². The average Bonchev–Trinajstić information content (AvgIpc) is 2.15. The molecule has 1 unspecified atom stereocenters. The summed E-state index contributed by atoms with van der Waals surface area (Å²) in [6.45, 7) is 2.04. The van der Waals surface area contributed by atoms with Crippen molar-refractivity contribution >= 4 is 21.7 Å². The van der Waals surface area contributed by atoms with E-state index in [1.54, 1.807) is 0 Å². The third kappa shape index (κ3) is 2.63. The zero-order valence-corrected chi connectivity index (χ0v) is 9.19. The van der Waals surface area contributed by atoms with Crippen LogP contribution in [0.3, 0.4) is 0 Å². The largest absolute Gasteiger partial charge is 0.394 e. The van der Waals surface area contributed by atoms with Gasteiger partial charge in [-0.05, 0) is 22.9 Å². The molecular weight excluding hydrogens is 234 g/mol. The van der Waals surface area contributed by atoms with Crippen LogP contribution in [0.2, 0.25) is 0 Å². The van der Waals surface area contributed by atoms with E-state index in [1.807, 2.05) is 24.9 Å². The molecule has 0 bridgehead atoms. The Kier molecular flexibility index (Phi) is 3.62. The van der Waals surface area contributed by atoms with Crippen molar-refractivity contribution in [2.75, 3.05) is 18.6 Å². The zero-order valence-electron chi connectivity index (χ0n) is 7.61. The van der Waals surface area contributed by atoms with Crippen LogP contribution in [0.1, 0.15) is 6.92 Å². The highest BCUT2D eigenvalue weighted by Gasteiger charge is 2.09. The molecule has 5 heteroatoms. The summed E-state index contributed by atoms with van der Waals surface area (Å²) in [5, 5.41) is 8.94. The Labute approximate surface area is 85.8 Å². The molecule has 0 fully saturated rings. The summed E-state index contributed by atoms with van der Waals surface area (Å²) in [4.78, 5) is 9.90. The number of hydrogen-bond donors (Lipinski definition) is 1. The predicted octanol–water partition coefficient (Wildman–Crippen LogP) is 1.06. The second-order valence-electron chi connectivity index (χ2n) is 2.84. The first-order chi connectivity index (χ1) is 6.15. The molecule has 0 saturated carbocycles. The van der Waals surface area contributed by atoms with E-state index in [4.69, 9.17) is 5.11 Å². The van der Waals surface area contributed by atoms with Crippen LogP contribution in [0.15, 0.2) is 17.0 Å². The van der Waals surface area contributed by atoms with Crippen molar-refractivity contribution in [1.29, 1.82) is 0 Å². The maximum absolute atomic E-state index is 8.94. The summed E-state index contributed by atoms with van der Waals surface area (Å²) in [6, 6.07) is 1.87.